The van der Waals surface area contributed by atoms with E-state index >= 15 is 0 Å². The maximum Gasteiger partial charge on any atom is 0.191 e. The van der Waals surface area contributed by atoms with E-state index in [4.69, 9.17) is 4.99 Å². The van der Waals surface area contributed by atoms with Crippen LogP contribution in [0.3, 0.4) is 0 Å². The van der Waals surface area contributed by atoms with Crippen molar-refractivity contribution in [2.24, 2.45) is 4.99 Å². The summed E-state index contributed by atoms with van der Waals surface area (Å²) in [4.78, 5) is 9.33. The maximum absolute atomic E-state index is 4.69. The Labute approximate surface area is 131 Å². The minimum atomic E-state index is 0.570. The zero-order valence-corrected chi connectivity index (χ0v) is 13.5. The standard InChI is InChI=1S/C17H25N5/c1-3-18-17(21-14-8-4-5-9-14)19-11-15-12-22-13(2)7-6-10-16(22)20-15/h6-7,10,12,14H,3-5,8-9,11H2,1-2H3,(H2,18,19,21). The molecule has 0 spiro atoms. The van der Waals surface area contributed by atoms with Gasteiger partial charge in [-0.05, 0) is 38.8 Å². The molecule has 1 aliphatic carbocycles. The van der Waals surface area contributed by atoms with Gasteiger partial charge in [0.2, 0.25) is 0 Å². The van der Waals surface area contributed by atoms with Gasteiger partial charge in [-0.25, -0.2) is 9.98 Å². The highest BCUT2D eigenvalue weighted by molar-refractivity contribution is 5.80. The van der Waals surface area contributed by atoms with Crippen molar-refractivity contribution in [3.05, 3.63) is 35.8 Å². The number of fused-ring (bicyclic) bond motifs is 1. The van der Waals surface area contributed by atoms with Crippen LogP contribution in [0, 0.1) is 6.92 Å². The number of aliphatic imine (C=N–C) groups is 1. The van der Waals surface area contributed by atoms with Crippen LogP contribution in [0.4, 0.5) is 0 Å². The quantitative estimate of drug-likeness (QED) is 0.674. The van der Waals surface area contributed by atoms with Gasteiger partial charge in [-0.2, -0.15) is 0 Å². The van der Waals surface area contributed by atoms with Crippen molar-refractivity contribution < 1.29 is 0 Å². The summed E-state index contributed by atoms with van der Waals surface area (Å²) in [6.07, 6.45) is 7.22. The zero-order valence-electron chi connectivity index (χ0n) is 13.5. The fourth-order valence-corrected chi connectivity index (χ4v) is 3.02. The molecule has 3 rings (SSSR count). The number of imidazole rings is 1. The molecule has 5 heteroatoms. The summed E-state index contributed by atoms with van der Waals surface area (Å²) in [5.41, 5.74) is 3.17. The number of rotatable bonds is 4. The van der Waals surface area contributed by atoms with Gasteiger partial charge in [-0.1, -0.05) is 18.9 Å². The minimum absolute atomic E-state index is 0.570. The average Bonchev–Trinajstić information content (AvgIpc) is 3.14. The van der Waals surface area contributed by atoms with E-state index in [2.05, 4.69) is 46.1 Å². The molecule has 2 aromatic rings. The molecule has 2 heterocycles. The molecule has 5 nitrogen and oxygen atoms in total. The largest absolute Gasteiger partial charge is 0.357 e. The first-order valence-electron chi connectivity index (χ1n) is 8.24. The molecule has 1 fully saturated rings. The SMILES string of the molecule is CCNC(=NCc1cn2c(C)cccc2n1)NC1CCCC1. The normalized spacial score (nSPS) is 16.4. The fraction of sp³-hybridized carbons (Fsp3) is 0.529. The summed E-state index contributed by atoms with van der Waals surface area (Å²) in [5, 5.41) is 6.87. The molecule has 0 radical (unpaired) electrons. The second-order valence-corrected chi connectivity index (χ2v) is 5.95. The number of guanidine groups is 1. The first kappa shape index (κ1) is 14.9. The molecule has 0 bridgehead atoms. The second kappa shape index (κ2) is 6.81. The Morgan fingerprint density at radius 1 is 1.36 bits per heavy atom. The summed E-state index contributed by atoms with van der Waals surface area (Å²) < 4.78 is 2.11. The number of nitrogens with one attached hydrogen (secondary N) is 2. The molecule has 1 saturated carbocycles. The van der Waals surface area contributed by atoms with Crippen molar-refractivity contribution >= 4 is 11.6 Å². The van der Waals surface area contributed by atoms with Gasteiger partial charge in [0.25, 0.3) is 0 Å². The number of hydrogen-bond donors (Lipinski definition) is 2. The predicted molar refractivity (Wildman–Crippen MR) is 90.1 cm³/mol. The van der Waals surface area contributed by atoms with Crippen LogP contribution in [0.15, 0.2) is 29.4 Å². The molecule has 2 aromatic heterocycles. The van der Waals surface area contributed by atoms with E-state index in [9.17, 15) is 0 Å². The highest BCUT2D eigenvalue weighted by Gasteiger charge is 2.15. The van der Waals surface area contributed by atoms with Gasteiger partial charge in [-0.15, -0.1) is 0 Å². The Bertz CT molecular complexity index is 652. The molecule has 1 aliphatic rings. The molecule has 22 heavy (non-hydrogen) atoms. The lowest BCUT2D eigenvalue weighted by molar-refractivity contribution is 0.613. The fourth-order valence-electron chi connectivity index (χ4n) is 3.02. The molecule has 0 saturated heterocycles. The molecule has 118 valence electrons. The molecule has 0 aromatic carbocycles. The van der Waals surface area contributed by atoms with E-state index in [0.29, 0.717) is 12.6 Å². The Hall–Kier alpha value is -2.04. The third-order valence-corrected chi connectivity index (χ3v) is 4.19. The van der Waals surface area contributed by atoms with Crippen LogP contribution in [0.2, 0.25) is 0 Å². The summed E-state index contributed by atoms with van der Waals surface area (Å²) in [6, 6.07) is 6.73. The third-order valence-electron chi connectivity index (χ3n) is 4.19. The summed E-state index contributed by atoms with van der Waals surface area (Å²) in [6.45, 7) is 5.67. The number of nitrogens with zero attached hydrogens (tertiary/aromatic N) is 3. The van der Waals surface area contributed by atoms with Crippen LogP contribution >= 0.6 is 0 Å². The Balaban J connectivity index is 1.71. The number of aryl methyl sites for hydroxylation is 1. The van der Waals surface area contributed by atoms with Crippen LogP contribution in [0.25, 0.3) is 5.65 Å². The Morgan fingerprint density at radius 3 is 2.91 bits per heavy atom. The third kappa shape index (κ3) is 3.40. The monoisotopic (exact) mass is 299 g/mol. The lowest BCUT2D eigenvalue weighted by Crippen LogP contribution is -2.42. The van der Waals surface area contributed by atoms with Crippen LogP contribution in [0.1, 0.15) is 44.0 Å². The van der Waals surface area contributed by atoms with Crippen molar-refractivity contribution in [3.63, 3.8) is 0 Å². The van der Waals surface area contributed by atoms with E-state index in [1.165, 1.54) is 31.4 Å². The van der Waals surface area contributed by atoms with Gasteiger partial charge >= 0.3 is 0 Å². The lowest BCUT2D eigenvalue weighted by Gasteiger charge is -2.16. The second-order valence-electron chi connectivity index (χ2n) is 5.95. The topological polar surface area (TPSA) is 53.7 Å². The van der Waals surface area contributed by atoms with Gasteiger partial charge in [0, 0.05) is 24.5 Å². The average molecular weight is 299 g/mol. The van der Waals surface area contributed by atoms with Gasteiger partial charge in [0.1, 0.15) is 5.65 Å². The van der Waals surface area contributed by atoms with Crippen LogP contribution in [-0.2, 0) is 6.54 Å². The van der Waals surface area contributed by atoms with E-state index in [1.807, 2.05) is 12.1 Å². The van der Waals surface area contributed by atoms with Crippen molar-refractivity contribution in [3.8, 4) is 0 Å². The minimum Gasteiger partial charge on any atom is -0.357 e. The van der Waals surface area contributed by atoms with E-state index in [0.717, 1.165) is 23.8 Å². The summed E-state index contributed by atoms with van der Waals surface area (Å²) in [7, 11) is 0. The van der Waals surface area contributed by atoms with Crippen molar-refractivity contribution in [1.82, 2.24) is 20.0 Å². The van der Waals surface area contributed by atoms with E-state index in [1.54, 1.807) is 0 Å². The first-order chi connectivity index (χ1) is 10.8. The van der Waals surface area contributed by atoms with E-state index < -0.39 is 0 Å². The first-order valence-corrected chi connectivity index (χ1v) is 8.24. The van der Waals surface area contributed by atoms with Gasteiger partial charge in [0.15, 0.2) is 5.96 Å². The maximum atomic E-state index is 4.69. The Morgan fingerprint density at radius 2 is 2.18 bits per heavy atom. The summed E-state index contributed by atoms with van der Waals surface area (Å²) >= 11 is 0. The Kier molecular flexibility index (Phi) is 4.61. The smallest absolute Gasteiger partial charge is 0.191 e. The highest BCUT2D eigenvalue weighted by Crippen LogP contribution is 2.17. The molecule has 0 atom stereocenters. The van der Waals surface area contributed by atoms with Gasteiger partial charge in [0.05, 0.1) is 12.2 Å². The van der Waals surface area contributed by atoms with Crippen LogP contribution in [0.5, 0.6) is 0 Å². The van der Waals surface area contributed by atoms with Crippen molar-refractivity contribution in [2.75, 3.05) is 6.54 Å². The highest BCUT2D eigenvalue weighted by atomic mass is 15.2. The van der Waals surface area contributed by atoms with Crippen LogP contribution < -0.4 is 10.6 Å². The zero-order chi connectivity index (χ0) is 15.4. The summed E-state index contributed by atoms with van der Waals surface area (Å²) in [5.74, 6) is 0.906. The molecule has 0 unspecified atom stereocenters. The predicted octanol–water partition coefficient (Wildman–Crippen LogP) is 2.64. The van der Waals surface area contributed by atoms with Gasteiger partial charge in [-0.3, -0.25) is 0 Å². The van der Waals surface area contributed by atoms with Crippen molar-refractivity contribution in [2.45, 2.75) is 52.1 Å². The molecule has 2 N–H and O–H groups in total. The number of aromatic nitrogens is 2. The van der Waals surface area contributed by atoms with Gasteiger partial charge < -0.3 is 15.0 Å². The van der Waals surface area contributed by atoms with Crippen molar-refractivity contribution in [1.29, 1.82) is 0 Å². The lowest BCUT2D eigenvalue weighted by atomic mass is 10.2. The molecule has 0 aliphatic heterocycles. The number of hydrogen-bond acceptors (Lipinski definition) is 2. The molecular formula is C17H25N5. The molecular weight excluding hydrogens is 274 g/mol. The van der Waals surface area contributed by atoms with Crippen LogP contribution in [-0.4, -0.2) is 27.9 Å². The van der Waals surface area contributed by atoms with E-state index in [-0.39, 0.29) is 0 Å². The number of pyridine rings is 1. The molecule has 0 amide bonds.